The van der Waals surface area contributed by atoms with Crippen molar-refractivity contribution in [3.05, 3.63) is 53.7 Å². The van der Waals surface area contributed by atoms with Crippen LogP contribution >= 0.6 is 0 Å². The van der Waals surface area contributed by atoms with Gasteiger partial charge in [-0.05, 0) is 35.9 Å². The van der Waals surface area contributed by atoms with Crippen LogP contribution in [0.2, 0.25) is 0 Å². The van der Waals surface area contributed by atoms with Gasteiger partial charge in [0.1, 0.15) is 12.3 Å². The minimum atomic E-state index is -0.391. The monoisotopic (exact) mass is 413 g/mol. The summed E-state index contributed by atoms with van der Waals surface area (Å²) in [7, 11) is 6.23. The van der Waals surface area contributed by atoms with Gasteiger partial charge in [-0.1, -0.05) is 11.2 Å². The zero-order chi connectivity index (χ0) is 21.5. The fourth-order valence-corrected chi connectivity index (χ4v) is 2.87. The molecule has 0 N–H and O–H groups in total. The molecule has 0 bridgehead atoms. The second kappa shape index (κ2) is 9.69. The highest BCUT2D eigenvalue weighted by molar-refractivity contribution is 5.73. The smallest absolute Gasteiger partial charge is 0.310 e. The van der Waals surface area contributed by atoms with Gasteiger partial charge in [-0.15, -0.1) is 0 Å². The van der Waals surface area contributed by atoms with E-state index in [-0.39, 0.29) is 13.0 Å². The van der Waals surface area contributed by atoms with Gasteiger partial charge >= 0.3 is 5.97 Å². The summed E-state index contributed by atoms with van der Waals surface area (Å²) in [6, 6.07) is 12.4. The summed E-state index contributed by atoms with van der Waals surface area (Å²) in [5.41, 5.74) is 2.02. The molecule has 1 aromatic heterocycles. The fraction of sp³-hybridized carbons (Fsp3) is 0.273. The first-order valence-corrected chi connectivity index (χ1v) is 9.12. The Morgan fingerprint density at radius 2 is 1.47 bits per heavy atom. The predicted molar refractivity (Wildman–Crippen MR) is 108 cm³/mol. The largest absolute Gasteiger partial charge is 0.493 e. The first-order valence-electron chi connectivity index (χ1n) is 9.12. The van der Waals surface area contributed by atoms with Crippen molar-refractivity contribution in [1.29, 1.82) is 0 Å². The van der Waals surface area contributed by atoms with E-state index in [1.165, 1.54) is 0 Å². The Bertz CT molecular complexity index is 1010. The van der Waals surface area contributed by atoms with E-state index in [0.29, 0.717) is 34.5 Å². The Morgan fingerprint density at radius 3 is 2.13 bits per heavy atom. The van der Waals surface area contributed by atoms with Crippen LogP contribution < -0.4 is 18.9 Å². The first-order chi connectivity index (χ1) is 14.6. The number of carbonyl (C=O) groups is 1. The summed E-state index contributed by atoms with van der Waals surface area (Å²) >= 11 is 0. The van der Waals surface area contributed by atoms with Crippen molar-refractivity contribution in [2.45, 2.75) is 13.0 Å². The lowest BCUT2D eigenvalue weighted by Gasteiger charge is -2.09. The molecule has 0 fully saturated rings. The molecule has 0 radical (unpaired) electrons. The van der Waals surface area contributed by atoms with Crippen molar-refractivity contribution in [3.8, 4) is 34.3 Å². The Hall–Kier alpha value is -3.68. The SMILES string of the molecule is COc1ccc(CC(=O)OCc2cc(-c3ccc(OC)c(OC)c3)on2)cc1OC. The van der Waals surface area contributed by atoms with Crippen molar-refractivity contribution in [2.24, 2.45) is 0 Å². The van der Waals surface area contributed by atoms with Crippen LogP contribution in [0, 0.1) is 0 Å². The minimum absolute atomic E-state index is 0.00289. The summed E-state index contributed by atoms with van der Waals surface area (Å²) in [5, 5.41) is 3.96. The molecular formula is C22H23NO7. The molecule has 1 heterocycles. The van der Waals surface area contributed by atoms with E-state index in [1.54, 1.807) is 64.8 Å². The molecule has 0 saturated heterocycles. The number of nitrogens with zero attached hydrogens (tertiary/aromatic N) is 1. The average Bonchev–Trinajstić information content (AvgIpc) is 3.26. The molecule has 0 spiro atoms. The molecule has 3 rings (SSSR count). The van der Waals surface area contributed by atoms with Gasteiger partial charge < -0.3 is 28.2 Å². The lowest BCUT2D eigenvalue weighted by atomic mass is 10.1. The van der Waals surface area contributed by atoms with Crippen molar-refractivity contribution in [2.75, 3.05) is 28.4 Å². The number of esters is 1. The first kappa shape index (κ1) is 21.0. The average molecular weight is 413 g/mol. The lowest BCUT2D eigenvalue weighted by molar-refractivity contribution is -0.144. The third-order valence-electron chi connectivity index (χ3n) is 4.40. The van der Waals surface area contributed by atoms with Gasteiger partial charge in [0.05, 0.1) is 34.9 Å². The normalized spacial score (nSPS) is 10.4. The molecule has 8 nitrogen and oxygen atoms in total. The third kappa shape index (κ3) is 4.83. The van der Waals surface area contributed by atoms with Gasteiger partial charge in [-0.3, -0.25) is 4.79 Å². The number of carbonyl (C=O) groups excluding carboxylic acids is 1. The van der Waals surface area contributed by atoms with E-state index < -0.39 is 5.97 Å². The zero-order valence-corrected chi connectivity index (χ0v) is 17.3. The maximum atomic E-state index is 12.2. The topological polar surface area (TPSA) is 89.3 Å². The van der Waals surface area contributed by atoms with Gasteiger partial charge in [-0.2, -0.15) is 0 Å². The van der Waals surface area contributed by atoms with E-state index in [1.807, 2.05) is 6.07 Å². The number of hydrogen-bond acceptors (Lipinski definition) is 8. The molecule has 2 aromatic carbocycles. The number of hydrogen-bond donors (Lipinski definition) is 0. The Balaban J connectivity index is 1.61. The minimum Gasteiger partial charge on any atom is -0.493 e. The Kier molecular flexibility index (Phi) is 6.79. The second-order valence-corrected chi connectivity index (χ2v) is 6.28. The van der Waals surface area contributed by atoms with Crippen molar-refractivity contribution in [1.82, 2.24) is 5.16 Å². The van der Waals surface area contributed by atoms with Crippen molar-refractivity contribution < 1.29 is 33.0 Å². The summed E-state index contributed by atoms with van der Waals surface area (Å²) < 4.78 is 31.6. The summed E-state index contributed by atoms with van der Waals surface area (Å²) in [4.78, 5) is 12.2. The summed E-state index contributed by atoms with van der Waals surface area (Å²) in [6.07, 6.45) is 0.0980. The van der Waals surface area contributed by atoms with E-state index >= 15 is 0 Å². The van der Waals surface area contributed by atoms with Crippen LogP contribution in [-0.4, -0.2) is 39.6 Å². The van der Waals surface area contributed by atoms with Gasteiger partial charge in [0, 0.05) is 11.6 Å². The van der Waals surface area contributed by atoms with Gasteiger partial charge in [0.25, 0.3) is 0 Å². The predicted octanol–water partition coefficient (Wildman–Crippen LogP) is 3.66. The van der Waals surface area contributed by atoms with Crippen LogP contribution in [0.3, 0.4) is 0 Å². The van der Waals surface area contributed by atoms with Gasteiger partial charge in [0.15, 0.2) is 28.8 Å². The van der Waals surface area contributed by atoms with E-state index in [4.69, 9.17) is 28.2 Å². The van der Waals surface area contributed by atoms with Crippen molar-refractivity contribution >= 4 is 5.97 Å². The van der Waals surface area contributed by atoms with Crippen LogP contribution in [-0.2, 0) is 22.6 Å². The zero-order valence-electron chi connectivity index (χ0n) is 17.3. The van der Waals surface area contributed by atoms with Crippen LogP contribution in [0.1, 0.15) is 11.3 Å². The van der Waals surface area contributed by atoms with Crippen LogP contribution in [0.15, 0.2) is 47.0 Å². The molecule has 0 saturated carbocycles. The highest BCUT2D eigenvalue weighted by Crippen LogP contribution is 2.32. The number of methoxy groups -OCH3 is 4. The molecule has 0 amide bonds. The lowest BCUT2D eigenvalue weighted by Crippen LogP contribution is -2.08. The number of ether oxygens (including phenoxy) is 5. The van der Waals surface area contributed by atoms with Crippen LogP contribution in [0.4, 0.5) is 0 Å². The second-order valence-electron chi connectivity index (χ2n) is 6.28. The fourth-order valence-electron chi connectivity index (χ4n) is 2.87. The molecule has 0 aliphatic carbocycles. The van der Waals surface area contributed by atoms with E-state index in [0.717, 1.165) is 11.1 Å². The summed E-state index contributed by atoms with van der Waals surface area (Å²) in [5.74, 6) is 2.48. The molecule has 30 heavy (non-hydrogen) atoms. The standard InChI is InChI=1S/C22H23NO7/c1-25-17-7-5-14(9-20(17)27-3)10-22(24)29-13-16-12-19(30-23-16)15-6-8-18(26-2)21(11-15)28-4/h5-9,11-12H,10,13H2,1-4H3. The number of benzene rings is 2. The highest BCUT2D eigenvalue weighted by atomic mass is 16.5. The molecule has 3 aromatic rings. The van der Waals surface area contributed by atoms with E-state index in [9.17, 15) is 4.79 Å². The molecule has 0 unspecified atom stereocenters. The third-order valence-corrected chi connectivity index (χ3v) is 4.40. The Morgan fingerprint density at radius 1 is 0.833 bits per heavy atom. The quantitative estimate of drug-likeness (QED) is 0.491. The molecule has 158 valence electrons. The van der Waals surface area contributed by atoms with Crippen LogP contribution in [0.25, 0.3) is 11.3 Å². The number of aromatic nitrogens is 1. The molecule has 8 heteroatoms. The molecule has 0 aliphatic rings. The Labute approximate surface area is 174 Å². The van der Waals surface area contributed by atoms with Crippen molar-refractivity contribution in [3.63, 3.8) is 0 Å². The maximum absolute atomic E-state index is 12.2. The molecular weight excluding hydrogens is 390 g/mol. The van der Waals surface area contributed by atoms with Crippen LogP contribution in [0.5, 0.6) is 23.0 Å². The maximum Gasteiger partial charge on any atom is 0.310 e. The van der Waals surface area contributed by atoms with Gasteiger partial charge in [0.2, 0.25) is 0 Å². The molecule has 0 aliphatic heterocycles. The molecule has 0 atom stereocenters. The van der Waals surface area contributed by atoms with Gasteiger partial charge in [-0.25, -0.2) is 0 Å². The van der Waals surface area contributed by atoms with E-state index in [2.05, 4.69) is 5.16 Å². The summed E-state index contributed by atoms with van der Waals surface area (Å²) in [6.45, 7) is 0.00289. The highest BCUT2D eigenvalue weighted by Gasteiger charge is 2.13. The number of rotatable bonds is 9.